The zero-order chi connectivity index (χ0) is 18.9. The molecule has 0 bridgehead atoms. The number of carbonyl (C=O) groups is 2. The van der Waals surface area contributed by atoms with E-state index in [2.05, 4.69) is 5.32 Å². The Balaban J connectivity index is 1.69. The molecule has 1 fully saturated rings. The van der Waals surface area contributed by atoms with Crippen LogP contribution in [0.5, 0.6) is 0 Å². The molecule has 0 aromatic heterocycles. The topological polar surface area (TPSA) is 49.4 Å². The fourth-order valence-corrected chi connectivity index (χ4v) is 2.88. The maximum absolute atomic E-state index is 12.8. The minimum atomic E-state index is -4.51. The molecule has 1 aliphatic heterocycles. The summed E-state index contributed by atoms with van der Waals surface area (Å²) in [5, 5.41) is 2.65. The highest BCUT2D eigenvalue weighted by atomic mass is 19.4. The Kier molecular flexibility index (Phi) is 4.71. The molecule has 1 heterocycles. The van der Waals surface area contributed by atoms with Crippen molar-refractivity contribution in [2.75, 3.05) is 11.4 Å². The Morgan fingerprint density at radius 2 is 1.85 bits per heavy atom. The molecule has 2 amide bonds. The SMILES string of the molecule is Cc1ccc(N2CC(NC(=O)c3cccc(C(F)(F)F)c3)CC2=O)cc1. The van der Waals surface area contributed by atoms with Crippen LogP contribution in [0.4, 0.5) is 18.9 Å². The van der Waals surface area contributed by atoms with Gasteiger partial charge in [0.1, 0.15) is 0 Å². The molecule has 0 spiro atoms. The smallest absolute Gasteiger partial charge is 0.347 e. The van der Waals surface area contributed by atoms with E-state index in [1.807, 2.05) is 31.2 Å². The third-order valence-corrected chi connectivity index (χ3v) is 4.26. The van der Waals surface area contributed by atoms with Gasteiger partial charge in [0, 0.05) is 24.2 Å². The maximum Gasteiger partial charge on any atom is 0.416 e. The Morgan fingerprint density at radius 3 is 2.50 bits per heavy atom. The van der Waals surface area contributed by atoms with Gasteiger partial charge in [-0.05, 0) is 37.3 Å². The number of anilines is 1. The third-order valence-electron chi connectivity index (χ3n) is 4.26. The first kappa shape index (κ1) is 18.0. The average molecular weight is 362 g/mol. The normalized spacial score (nSPS) is 17.5. The molecular formula is C19H17F3N2O2. The maximum atomic E-state index is 12.8. The van der Waals surface area contributed by atoms with Gasteiger partial charge in [0.2, 0.25) is 5.91 Å². The molecule has 0 radical (unpaired) electrons. The molecule has 4 nitrogen and oxygen atoms in total. The number of nitrogens with one attached hydrogen (secondary N) is 1. The summed E-state index contributed by atoms with van der Waals surface area (Å²) in [5.41, 5.74) is 0.834. The number of nitrogens with zero attached hydrogens (tertiary/aromatic N) is 1. The molecule has 1 N–H and O–H groups in total. The van der Waals surface area contributed by atoms with E-state index in [1.54, 1.807) is 4.90 Å². The molecule has 7 heteroatoms. The van der Waals surface area contributed by atoms with Gasteiger partial charge >= 0.3 is 6.18 Å². The largest absolute Gasteiger partial charge is 0.416 e. The first-order valence-electron chi connectivity index (χ1n) is 8.09. The zero-order valence-corrected chi connectivity index (χ0v) is 14.0. The van der Waals surface area contributed by atoms with Crippen LogP contribution in [0.3, 0.4) is 0 Å². The predicted molar refractivity (Wildman–Crippen MR) is 90.8 cm³/mol. The van der Waals surface area contributed by atoms with Crippen LogP contribution < -0.4 is 10.2 Å². The number of rotatable bonds is 3. The minimum absolute atomic E-state index is 0.0824. The zero-order valence-electron chi connectivity index (χ0n) is 14.0. The van der Waals surface area contributed by atoms with Crippen LogP contribution in [-0.4, -0.2) is 24.4 Å². The number of aryl methyl sites for hydroxylation is 1. The Hall–Kier alpha value is -2.83. The quantitative estimate of drug-likeness (QED) is 0.908. The lowest BCUT2D eigenvalue weighted by Gasteiger charge is -2.17. The van der Waals surface area contributed by atoms with Crippen molar-refractivity contribution < 1.29 is 22.8 Å². The van der Waals surface area contributed by atoms with Gasteiger partial charge in [0.05, 0.1) is 11.6 Å². The van der Waals surface area contributed by atoms with Crippen LogP contribution in [-0.2, 0) is 11.0 Å². The van der Waals surface area contributed by atoms with Crippen LogP contribution in [0.2, 0.25) is 0 Å². The predicted octanol–water partition coefficient (Wildman–Crippen LogP) is 3.55. The van der Waals surface area contributed by atoms with Crippen LogP contribution in [0.1, 0.15) is 27.9 Å². The van der Waals surface area contributed by atoms with Gasteiger partial charge in [-0.15, -0.1) is 0 Å². The van der Waals surface area contributed by atoms with Crippen molar-refractivity contribution >= 4 is 17.5 Å². The summed E-state index contributed by atoms with van der Waals surface area (Å²) in [6, 6.07) is 11.2. The van der Waals surface area contributed by atoms with Gasteiger partial charge in [-0.1, -0.05) is 23.8 Å². The molecule has 2 aromatic carbocycles. The molecule has 2 aromatic rings. The first-order valence-corrected chi connectivity index (χ1v) is 8.09. The van der Waals surface area contributed by atoms with Gasteiger partial charge < -0.3 is 10.2 Å². The highest BCUT2D eigenvalue weighted by molar-refractivity contribution is 5.99. The molecule has 1 unspecified atom stereocenters. The third kappa shape index (κ3) is 3.87. The van der Waals surface area contributed by atoms with E-state index in [4.69, 9.17) is 0 Å². The number of benzene rings is 2. The lowest BCUT2D eigenvalue weighted by molar-refractivity contribution is -0.137. The summed E-state index contributed by atoms with van der Waals surface area (Å²) in [6.07, 6.45) is -4.40. The lowest BCUT2D eigenvalue weighted by Crippen LogP contribution is -2.37. The van der Waals surface area contributed by atoms with Gasteiger partial charge in [0.15, 0.2) is 0 Å². The summed E-state index contributed by atoms with van der Waals surface area (Å²) in [6.45, 7) is 2.22. The Bertz CT molecular complexity index is 831. The van der Waals surface area contributed by atoms with Crippen LogP contribution in [0.25, 0.3) is 0 Å². The van der Waals surface area contributed by atoms with Crippen LogP contribution in [0, 0.1) is 6.92 Å². The van der Waals surface area contributed by atoms with Crippen LogP contribution in [0.15, 0.2) is 48.5 Å². The van der Waals surface area contributed by atoms with E-state index in [0.29, 0.717) is 0 Å². The number of carbonyl (C=O) groups excluding carboxylic acids is 2. The van der Waals surface area contributed by atoms with E-state index < -0.39 is 23.7 Å². The second-order valence-electron chi connectivity index (χ2n) is 6.29. The number of amides is 2. The highest BCUT2D eigenvalue weighted by Crippen LogP contribution is 2.29. The molecule has 1 saturated heterocycles. The van der Waals surface area contributed by atoms with E-state index in [-0.39, 0.29) is 24.4 Å². The average Bonchev–Trinajstić information content (AvgIpc) is 2.95. The van der Waals surface area contributed by atoms with E-state index in [1.165, 1.54) is 12.1 Å². The van der Waals surface area contributed by atoms with E-state index >= 15 is 0 Å². The van der Waals surface area contributed by atoms with Crippen molar-refractivity contribution in [3.63, 3.8) is 0 Å². The molecule has 0 saturated carbocycles. The Labute approximate surface area is 148 Å². The second-order valence-corrected chi connectivity index (χ2v) is 6.29. The lowest BCUT2D eigenvalue weighted by atomic mass is 10.1. The molecule has 1 atom stereocenters. The second kappa shape index (κ2) is 6.82. The molecule has 26 heavy (non-hydrogen) atoms. The standard InChI is InChI=1S/C19H17F3N2O2/c1-12-5-7-16(8-6-12)24-11-15(10-17(24)25)23-18(26)13-3-2-4-14(9-13)19(20,21)22/h2-9,15H,10-11H2,1H3,(H,23,26). The van der Waals surface area contributed by atoms with E-state index in [0.717, 1.165) is 23.4 Å². The number of halogens is 3. The van der Waals surface area contributed by atoms with Crippen LogP contribution >= 0.6 is 0 Å². The number of hydrogen-bond donors (Lipinski definition) is 1. The van der Waals surface area contributed by atoms with Gasteiger partial charge in [-0.2, -0.15) is 13.2 Å². The Morgan fingerprint density at radius 1 is 1.15 bits per heavy atom. The van der Waals surface area contributed by atoms with Gasteiger partial charge in [-0.3, -0.25) is 9.59 Å². The molecule has 0 aliphatic carbocycles. The summed E-state index contributed by atoms with van der Waals surface area (Å²) in [4.78, 5) is 26.0. The summed E-state index contributed by atoms with van der Waals surface area (Å²) in [5.74, 6) is -0.761. The van der Waals surface area contributed by atoms with Gasteiger partial charge in [0.25, 0.3) is 5.91 Å². The fraction of sp³-hybridized carbons (Fsp3) is 0.263. The first-order chi connectivity index (χ1) is 12.2. The van der Waals surface area contributed by atoms with Crippen molar-refractivity contribution in [2.24, 2.45) is 0 Å². The summed E-state index contributed by atoms with van der Waals surface area (Å²) in [7, 11) is 0. The summed E-state index contributed by atoms with van der Waals surface area (Å²) >= 11 is 0. The minimum Gasteiger partial charge on any atom is -0.347 e. The molecule has 3 rings (SSSR count). The monoisotopic (exact) mass is 362 g/mol. The highest BCUT2D eigenvalue weighted by Gasteiger charge is 2.33. The number of alkyl halides is 3. The van der Waals surface area contributed by atoms with Crippen molar-refractivity contribution in [3.05, 3.63) is 65.2 Å². The van der Waals surface area contributed by atoms with E-state index in [9.17, 15) is 22.8 Å². The molecule has 136 valence electrons. The fourth-order valence-electron chi connectivity index (χ4n) is 2.88. The summed E-state index contributed by atoms with van der Waals surface area (Å²) < 4.78 is 38.3. The van der Waals surface area contributed by atoms with Crippen molar-refractivity contribution in [1.29, 1.82) is 0 Å². The van der Waals surface area contributed by atoms with Crippen molar-refractivity contribution in [1.82, 2.24) is 5.32 Å². The van der Waals surface area contributed by atoms with Gasteiger partial charge in [-0.25, -0.2) is 0 Å². The number of hydrogen-bond acceptors (Lipinski definition) is 2. The molecule has 1 aliphatic rings. The molecular weight excluding hydrogens is 345 g/mol. The van der Waals surface area contributed by atoms with Crippen molar-refractivity contribution in [2.45, 2.75) is 25.6 Å². The van der Waals surface area contributed by atoms with Crippen molar-refractivity contribution in [3.8, 4) is 0 Å².